The summed E-state index contributed by atoms with van der Waals surface area (Å²) in [6.45, 7) is 8.05. The average Bonchev–Trinajstić information content (AvgIpc) is 2.70. The van der Waals surface area contributed by atoms with Gasteiger partial charge in [-0.15, -0.1) is 0 Å². The fraction of sp³-hybridized carbons (Fsp3) is 0.154. The molecule has 1 N–H and O–H groups in total. The Labute approximate surface area is 175 Å². The molecule has 150 valence electrons. The molecule has 0 aliphatic rings. The van der Waals surface area contributed by atoms with Crippen LogP contribution >= 0.6 is 0 Å². The molecule has 1 heterocycles. The van der Waals surface area contributed by atoms with E-state index in [9.17, 15) is 9.18 Å². The summed E-state index contributed by atoms with van der Waals surface area (Å²) in [7, 11) is 0. The van der Waals surface area contributed by atoms with Crippen LogP contribution in [0, 0.1) is 33.5 Å². The minimum Gasteiger partial charge on any atom is -0.322 e. The highest BCUT2D eigenvalue weighted by Gasteiger charge is 2.16. The van der Waals surface area contributed by atoms with E-state index in [4.69, 9.17) is 4.98 Å². The monoisotopic (exact) mass is 398 g/mol. The van der Waals surface area contributed by atoms with Crippen LogP contribution in [0.3, 0.4) is 0 Å². The Bertz CT molecular complexity index is 1280. The predicted octanol–water partition coefficient (Wildman–Crippen LogP) is 6.53. The predicted molar refractivity (Wildman–Crippen MR) is 120 cm³/mol. The van der Waals surface area contributed by atoms with E-state index in [2.05, 4.69) is 11.4 Å². The van der Waals surface area contributed by atoms with Crippen molar-refractivity contribution < 1.29 is 9.18 Å². The molecular formula is C26H23FN2O. The van der Waals surface area contributed by atoms with Crippen LogP contribution in [0.25, 0.3) is 22.2 Å². The highest BCUT2D eigenvalue weighted by atomic mass is 19.1. The fourth-order valence-electron chi connectivity index (χ4n) is 3.65. The SMILES string of the molecule is Cc1cc(C)c2nc(-c3ccc(F)cc3)cc(C(=O)Nc3ccc(C)c(C)c3)c2c1. The summed E-state index contributed by atoms with van der Waals surface area (Å²) >= 11 is 0. The molecule has 1 aromatic heterocycles. The van der Waals surface area contributed by atoms with E-state index >= 15 is 0 Å². The average molecular weight is 398 g/mol. The van der Waals surface area contributed by atoms with Crippen LogP contribution in [-0.4, -0.2) is 10.9 Å². The van der Waals surface area contributed by atoms with Gasteiger partial charge in [-0.2, -0.15) is 0 Å². The molecule has 0 saturated heterocycles. The Balaban J connectivity index is 1.86. The molecular weight excluding hydrogens is 375 g/mol. The Kier molecular flexibility index (Phi) is 5.08. The Morgan fingerprint density at radius 1 is 0.833 bits per heavy atom. The summed E-state index contributed by atoms with van der Waals surface area (Å²) in [6.07, 6.45) is 0. The summed E-state index contributed by atoms with van der Waals surface area (Å²) in [5, 5.41) is 3.82. The lowest BCUT2D eigenvalue weighted by molar-refractivity contribution is 0.102. The van der Waals surface area contributed by atoms with Crippen LogP contribution in [0.2, 0.25) is 0 Å². The van der Waals surface area contributed by atoms with E-state index in [1.807, 2.05) is 52.0 Å². The van der Waals surface area contributed by atoms with E-state index in [1.165, 1.54) is 17.7 Å². The number of amides is 1. The van der Waals surface area contributed by atoms with Crippen molar-refractivity contribution >= 4 is 22.5 Å². The highest BCUT2D eigenvalue weighted by molar-refractivity contribution is 6.13. The minimum atomic E-state index is -0.306. The lowest BCUT2D eigenvalue weighted by Crippen LogP contribution is -2.13. The van der Waals surface area contributed by atoms with E-state index in [-0.39, 0.29) is 11.7 Å². The Hall–Kier alpha value is -3.53. The molecule has 0 radical (unpaired) electrons. The van der Waals surface area contributed by atoms with Gasteiger partial charge in [0.1, 0.15) is 5.82 Å². The minimum absolute atomic E-state index is 0.195. The number of nitrogens with one attached hydrogen (secondary N) is 1. The van der Waals surface area contributed by atoms with Gasteiger partial charge in [0.25, 0.3) is 5.91 Å². The number of pyridine rings is 1. The molecule has 0 bridgehead atoms. The molecule has 1 amide bonds. The molecule has 0 fully saturated rings. The summed E-state index contributed by atoms with van der Waals surface area (Å²) in [4.78, 5) is 18.1. The van der Waals surface area contributed by atoms with E-state index in [0.717, 1.165) is 38.8 Å². The van der Waals surface area contributed by atoms with Gasteiger partial charge in [-0.25, -0.2) is 9.37 Å². The number of carbonyl (C=O) groups excluding carboxylic acids is 1. The zero-order chi connectivity index (χ0) is 21.4. The Morgan fingerprint density at radius 3 is 2.27 bits per heavy atom. The lowest BCUT2D eigenvalue weighted by Gasteiger charge is -2.13. The summed E-state index contributed by atoms with van der Waals surface area (Å²) < 4.78 is 13.4. The second-order valence-electron chi connectivity index (χ2n) is 7.79. The number of nitrogens with zero attached hydrogens (tertiary/aromatic N) is 1. The Morgan fingerprint density at radius 2 is 1.57 bits per heavy atom. The highest BCUT2D eigenvalue weighted by Crippen LogP contribution is 2.29. The standard InChI is InChI=1S/C26H23FN2O/c1-15-11-18(4)25-22(12-15)23(14-24(29-25)19-6-8-20(27)9-7-19)26(30)28-21-10-5-16(2)17(3)13-21/h5-14H,1-4H3,(H,28,30). The number of aryl methyl sites for hydroxylation is 4. The molecule has 0 aliphatic heterocycles. The molecule has 4 aromatic rings. The van der Waals surface area contributed by atoms with Gasteiger partial charge in [0.2, 0.25) is 0 Å². The zero-order valence-electron chi connectivity index (χ0n) is 17.5. The zero-order valence-corrected chi connectivity index (χ0v) is 17.5. The smallest absolute Gasteiger partial charge is 0.256 e. The third kappa shape index (κ3) is 3.81. The van der Waals surface area contributed by atoms with Gasteiger partial charge in [0, 0.05) is 16.6 Å². The number of hydrogen-bond acceptors (Lipinski definition) is 2. The van der Waals surface area contributed by atoms with Crippen molar-refractivity contribution in [2.75, 3.05) is 5.32 Å². The molecule has 3 aromatic carbocycles. The number of anilines is 1. The maximum Gasteiger partial charge on any atom is 0.256 e. The second kappa shape index (κ2) is 7.71. The third-order valence-electron chi connectivity index (χ3n) is 5.40. The van der Waals surface area contributed by atoms with E-state index < -0.39 is 0 Å². The fourth-order valence-corrected chi connectivity index (χ4v) is 3.65. The largest absolute Gasteiger partial charge is 0.322 e. The molecule has 4 rings (SSSR count). The van der Waals surface area contributed by atoms with Crippen molar-refractivity contribution in [3.8, 4) is 11.3 Å². The summed E-state index contributed by atoms with van der Waals surface area (Å²) in [5.41, 5.74) is 7.82. The van der Waals surface area contributed by atoms with Crippen molar-refractivity contribution in [1.82, 2.24) is 4.98 Å². The number of hydrogen-bond donors (Lipinski definition) is 1. The van der Waals surface area contributed by atoms with Crippen molar-refractivity contribution in [1.29, 1.82) is 0 Å². The van der Waals surface area contributed by atoms with E-state index in [0.29, 0.717) is 11.3 Å². The van der Waals surface area contributed by atoms with Gasteiger partial charge < -0.3 is 5.32 Å². The number of benzene rings is 3. The number of fused-ring (bicyclic) bond motifs is 1. The van der Waals surface area contributed by atoms with Crippen molar-refractivity contribution in [2.24, 2.45) is 0 Å². The molecule has 0 atom stereocenters. The van der Waals surface area contributed by atoms with Gasteiger partial charge in [-0.3, -0.25) is 4.79 Å². The molecule has 3 nitrogen and oxygen atoms in total. The van der Waals surface area contributed by atoms with Gasteiger partial charge in [-0.05, 0) is 92.9 Å². The number of rotatable bonds is 3. The quantitative estimate of drug-likeness (QED) is 0.426. The normalized spacial score (nSPS) is 11.0. The van der Waals surface area contributed by atoms with Gasteiger partial charge >= 0.3 is 0 Å². The molecule has 0 saturated carbocycles. The molecule has 4 heteroatoms. The molecule has 0 unspecified atom stereocenters. The van der Waals surface area contributed by atoms with Crippen molar-refractivity contribution in [3.63, 3.8) is 0 Å². The number of aromatic nitrogens is 1. The molecule has 30 heavy (non-hydrogen) atoms. The maximum atomic E-state index is 13.4. The lowest BCUT2D eigenvalue weighted by atomic mass is 9.99. The summed E-state index contributed by atoms with van der Waals surface area (Å²) in [6, 6.07) is 17.8. The maximum absolute atomic E-state index is 13.4. The van der Waals surface area contributed by atoms with Crippen LogP contribution in [-0.2, 0) is 0 Å². The topological polar surface area (TPSA) is 42.0 Å². The van der Waals surface area contributed by atoms with Crippen LogP contribution < -0.4 is 5.32 Å². The van der Waals surface area contributed by atoms with Crippen LogP contribution in [0.4, 0.5) is 10.1 Å². The van der Waals surface area contributed by atoms with Crippen LogP contribution in [0.1, 0.15) is 32.6 Å². The van der Waals surface area contributed by atoms with Crippen molar-refractivity contribution in [3.05, 3.63) is 94.3 Å². The third-order valence-corrected chi connectivity index (χ3v) is 5.40. The van der Waals surface area contributed by atoms with Gasteiger partial charge in [-0.1, -0.05) is 17.7 Å². The van der Waals surface area contributed by atoms with Gasteiger partial charge in [0.05, 0.1) is 16.8 Å². The molecule has 0 spiro atoms. The summed E-state index contributed by atoms with van der Waals surface area (Å²) in [5.74, 6) is -0.502. The first-order chi connectivity index (χ1) is 14.3. The van der Waals surface area contributed by atoms with Crippen LogP contribution in [0.5, 0.6) is 0 Å². The van der Waals surface area contributed by atoms with Crippen molar-refractivity contribution in [2.45, 2.75) is 27.7 Å². The molecule has 0 aliphatic carbocycles. The van der Waals surface area contributed by atoms with E-state index in [1.54, 1.807) is 18.2 Å². The first-order valence-electron chi connectivity index (χ1n) is 9.88. The first kappa shape index (κ1) is 19.8. The van der Waals surface area contributed by atoms with Crippen LogP contribution in [0.15, 0.2) is 60.7 Å². The number of carbonyl (C=O) groups is 1. The second-order valence-corrected chi connectivity index (χ2v) is 7.79. The first-order valence-corrected chi connectivity index (χ1v) is 9.88. The number of halogens is 1. The van der Waals surface area contributed by atoms with Gasteiger partial charge in [0.15, 0.2) is 0 Å².